The number of hydrogen-bond acceptors (Lipinski definition) is 1. The molecule has 0 aromatic carbocycles. The smallest absolute Gasteiger partial charge is 0.0468 e. The molecule has 0 saturated carbocycles. The van der Waals surface area contributed by atoms with Gasteiger partial charge in [-0.2, -0.15) is 0 Å². The molecule has 0 saturated heterocycles. The van der Waals surface area contributed by atoms with Crippen LogP contribution in [0.5, 0.6) is 0 Å². The Kier molecular flexibility index (Phi) is 7.58. The van der Waals surface area contributed by atoms with E-state index in [1.54, 1.807) is 0 Å². The van der Waals surface area contributed by atoms with Crippen LogP contribution >= 0.6 is 0 Å². The Bertz CT molecular complexity index is 75.0. The van der Waals surface area contributed by atoms with Crippen LogP contribution in [0.4, 0.5) is 0 Å². The summed E-state index contributed by atoms with van der Waals surface area (Å²) in [5.74, 6) is 1.59. The normalized spacial score (nSPS) is 11.5. The summed E-state index contributed by atoms with van der Waals surface area (Å²) in [6.07, 6.45) is 3.71. The van der Waals surface area contributed by atoms with Gasteiger partial charge in [-0.25, -0.2) is 0 Å². The van der Waals surface area contributed by atoms with Gasteiger partial charge in [-0.05, 0) is 31.1 Å². The molecular formula is C11H24O. The molecule has 74 valence electrons. The van der Waals surface area contributed by atoms with Gasteiger partial charge >= 0.3 is 0 Å². The Morgan fingerprint density at radius 2 is 1.42 bits per heavy atom. The van der Waals surface area contributed by atoms with Crippen molar-refractivity contribution in [2.24, 2.45) is 11.8 Å². The van der Waals surface area contributed by atoms with E-state index in [9.17, 15) is 0 Å². The highest BCUT2D eigenvalue weighted by Gasteiger charge is 1.95. The molecular weight excluding hydrogens is 148 g/mol. The minimum absolute atomic E-state index is 0.773. The largest absolute Gasteiger partial charge is 0.381 e. The van der Waals surface area contributed by atoms with Gasteiger partial charge in [-0.15, -0.1) is 0 Å². The summed E-state index contributed by atoms with van der Waals surface area (Å²) in [4.78, 5) is 0. The van der Waals surface area contributed by atoms with E-state index in [1.807, 2.05) is 0 Å². The molecule has 0 bridgehead atoms. The highest BCUT2D eigenvalue weighted by Crippen LogP contribution is 2.04. The minimum Gasteiger partial charge on any atom is -0.381 e. The minimum atomic E-state index is 0.773. The van der Waals surface area contributed by atoms with Gasteiger partial charge in [0.15, 0.2) is 0 Å². The Morgan fingerprint density at radius 3 is 1.92 bits per heavy atom. The molecule has 0 fully saturated rings. The lowest BCUT2D eigenvalue weighted by atomic mass is 10.1. The average molecular weight is 172 g/mol. The Morgan fingerprint density at radius 1 is 0.833 bits per heavy atom. The van der Waals surface area contributed by atoms with Gasteiger partial charge in [-0.3, -0.25) is 0 Å². The fourth-order valence-electron chi connectivity index (χ4n) is 1.01. The molecule has 1 heteroatoms. The number of hydrogen-bond donors (Lipinski definition) is 0. The maximum atomic E-state index is 5.49. The first-order valence-corrected chi connectivity index (χ1v) is 5.20. The lowest BCUT2D eigenvalue weighted by Crippen LogP contribution is -2.01. The Balaban J connectivity index is 2.91. The monoisotopic (exact) mass is 172 g/mol. The van der Waals surface area contributed by atoms with Crippen molar-refractivity contribution in [3.8, 4) is 0 Å². The van der Waals surface area contributed by atoms with E-state index in [-0.39, 0.29) is 0 Å². The molecule has 0 N–H and O–H groups in total. The van der Waals surface area contributed by atoms with Crippen molar-refractivity contribution in [3.63, 3.8) is 0 Å². The quantitative estimate of drug-likeness (QED) is 0.534. The van der Waals surface area contributed by atoms with Crippen LogP contribution in [0.1, 0.15) is 47.0 Å². The molecule has 0 rings (SSSR count). The van der Waals surface area contributed by atoms with E-state index in [1.165, 1.54) is 19.3 Å². The highest BCUT2D eigenvalue weighted by molar-refractivity contribution is 4.46. The van der Waals surface area contributed by atoms with Crippen molar-refractivity contribution in [2.45, 2.75) is 47.0 Å². The van der Waals surface area contributed by atoms with Crippen molar-refractivity contribution in [1.29, 1.82) is 0 Å². The third kappa shape index (κ3) is 9.96. The van der Waals surface area contributed by atoms with E-state index in [0.717, 1.165) is 25.0 Å². The summed E-state index contributed by atoms with van der Waals surface area (Å²) in [6, 6.07) is 0. The topological polar surface area (TPSA) is 9.23 Å². The fraction of sp³-hybridized carbons (Fsp3) is 1.00. The van der Waals surface area contributed by atoms with E-state index in [0.29, 0.717) is 0 Å². The molecule has 0 radical (unpaired) electrons. The third-order valence-corrected chi connectivity index (χ3v) is 1.91. The summed E-state index contributed by atoms with van der Waals surface area (Å²) >= 11 is 0. The zero-order valence-corrected chi connectivity index (χ0v) is 9.10. The van der Waals surface area contributed by atoms with Gasteiger partial charge in [0, 0.05) is 13.2 Å². The van der Waals surface area contributed by atoms with Crippen LogP contribution in [0, 0.1) is 11.8 Å². The first-order chi connectivity index (χ1) is 5.63. The molecule has 0 aromatic rings. The van der Waals surface area contributed by atoms with Crippen LogP contribution in [0.3, 0.4) is 0 Å². The molecule has 1 nitrogen and oxygen atoms in total. The van der Waals surface area contributed by atoms with E-state index in [2.05, 4.69) is 27.7 Å². The third-order valence-electron chi connectivity index (χ3n) is 1.91. The molecule has 0 aromatic heterocycles. The molecule has 0 atom stereocenters. The Hall–Kier alpha value is -0.0400. The zero-order valence-electron chi connectivity index (χ0n) is 9.10. The zero-order chi connectivity index (χ0) is 9.40. The van der Waals surface area contributed by atoms with Gasteiger partial charge < -0.3 is 4.74 Å². The fourth-order valence-corrected chi connectivity index (χ4v) is 1.01. The van der Waals surface area contributed by atoms with Crippen LogP contribution < -0.4 is 0 Å². The van der Waals surface area contributed by atoms with E-state index in [4.69, 9.17) is 4.74 Å². The van der Waals surface area contributed by atoms with Crippen LogP contribution in [0.2, 0.25) is 0 Å². The van der Waals surface area contributed by atoms with Crippen molar-refractivity contribution >= 4 is 0 Å². The predicted octanol–water partition coefficient (Wildman–Crippen LogP) is 3.49. The van der Waals surface area contributed by atoms with Crippen molar-refractivity contribution in [1.82, 2.24) is 0 Å². The first-order valence-electron chi connectivity index (χ1n) is 5.20. The van der Waals surface area contributed by atoms with E-state index >= 15 is 0 Å². The number of ether oxygens (including phenoxy) is 1. The second kappa shape index (κ2) is 7.60. The highest BCUT2D eigenvalue weighted by atomic mass is 16.5. The van der Waals surface area contributed by atoms with Gasteiger partial charge in [0.1, 0.15) is 0 Å². The summed E-state index contributed by atoms with van der Waals surface area (Å²) in [6.45, 7) is 10.9. The van der Waals surface area contributed by atoms with Crippen molar-refractivity contribution in [2.75, 3.05) is 13.2 Å². The van der Waals surface area contributed by atoms with Gasteiger partial charge in [0.25, 0.3) is 0 Å². The first kappa shape index (κ1) is 12.0. The van der Waals surface area contributed by atoms with Crippen LogP contribution in [0.25, 0.3) is 0 Å². The summed E-state index contributed by atoms with van der Waals surface area (Å²) < 4.78 is 5.49. The van der Waals surface area contributed by atoms with Crippen LogP contribution in [-0.2, 0) is 4.74 Å². The average Bonchev–Trinajstić information content (AvgIpc) is 1.95. The second-order valence-corrected chi connectivity index (χ2v) is 4.33. The molecule has 0 heterocycles. The second-order valence-electron chi connectivity index (χ2n) is 4.33. The number of rotatable bonds is 7. The Labute approximate surface area is 77.5 Å². The molecule has 0 aliphatic carbocycles. The van der Waals surface area contributed by atoms with Crippen molar-refractivity contribution < 1.29 is 4.74 Å². The summed E-state index contributed by atoms with van der Waals surface area (Å²) in [5.41, 5.74) is 0. The maximum absolute atomic E-state index is 5.49. The summed E-state index contributed by atoms with van der Waals surface area (Å²) in [5, 5.41) is 0. The molecule has 0 aliphatic heterocycles. The predicted molar refractivity (Wildman–Crippen MR) is 54.3 cm³/mol. The lowest BCUT2D eigenvalue weighted by Gasteiger charge is -2.07. The van der Waals surface area contributed by atoms with Crippen molar-refractivity contribution in [3.05, 3.63) is 0 Å². The molecule has 0 unspecified atom stereocenters. The molecule has 0 aliphatic rings. The standard InChI is InChI=1S/C11H24O/c1-10(2)6-5-8-12-9-7-11(3)4/h10-11H,5-9H2,1-4H3. The van der Waals surface area contributed by atoms with Gasteiger partial charge in [0.2, 0.25) is 0 Å². The molecule has 0 amide bonds. The SMILES string of the molecule is CC(C)CCCOCCC(C)C. The molecule has 12 heavy (non-hydrogen) atoms. The summed E-state index contributed by atoms with van der Waals surface area (Å²) in [7, 11) is 0. The molecule has 0 spiro atoms. The van der Waals surface area contributed by atoms with Gasteiger partial charge in [0.05, 0.1) is 0 Å². The van der Waals surface area contributed by atoms with Crippen LogP contribution in [0.15, 0.2) is 0 Å². The lowest BCUT2D eigenvalue weighted by molar-refractivity contribution is 0.118. The maximum Gasteiger partial charge on any atom is 0.0468 e. The van der Waals surface area contributed by atoms with Gasteiger partial charge in [-0.1, -0.05) is 27.7 Å². The van der Waals surface area contributed by atoms with E-state index < -0.39 is 0 Å². The van der Waals surface area contributed by atoms with Crippen LogP contribution in [-0.4, -0.2) is 13.2 Å².